The van der Waals surface area contributed by atoms with Crippen molar-refractivity contribution in [3.8, 4) is 5.75 Å². The van der Waals surface area contributed by atoms with Crippen LogP contribution in [0, 0.1) is 6.92 Å². The van der Waals surface area contributed by atoms with Crippen molar-refractivity contribution in [1.82, 2.24) is 9.78 Å². The molecule has 0 unspecified atom stereocenters. The minimum Gasteiger partial charge on any atom is -0.433 e. The van der Waals surface area contributed by atoms with Gasteiger partial charge in [-0.05, 0) is 36.8 Å². The molecule has 112 valence electrons. The van der Waals surface area contributed by atoms with Crippen LogP contribution in [0.4, 0.5) is 20.3 Å². The summed E-state index contributed by atoms with van der Waals surface area (Å²) in [5.74, 6) is 0.591. The van der Waals surface area contributed by atoms with Crippen molar-refractivity contribution >= 4 is 28.8 Å². The van der Waals surface area contributed by atoms with Gasteiger partial charge >= 0.3 is 6.61 Å². The second-order valence-corrected chi connectivity index (χ2v) is 4.74. The monoisotopic (exact) mass is 312 g/mol. The Bertz CT molecular complexity index is 645. The number of hydrogen-bond acceptors (Lipinski definition) is 3. The highest BCUT2D eigenvalue weighted by atomic mass is 32.1. The molecule has 0 fully saturated rings. The summed E-state index contributed by atoms with van der Waals surface area (Å²) in [6.07, 6.45) is 1.75. The summed E-state index contributed by atoms with van der Waals surface area (Å²) in [5.41, 5.74) is 1.16. The average Bonchev–Trinajstić information content (AvgIpc) is 2.77. The number of nitrogens with one attached hydrogen (secondary N) is 2. The number of alkyl halides is 2. The molecule has 0 aliphatic carbocycles. The summed E-state index contributed by atoms with van der Waals surface area (Å²) in [7, 11) is 1.77. The first kappa shape index (κ1) is 15.2. The van der Waals surface area contributed by atoms with Crippen LogP contribution in [0.2, 0.25) is 0 Å². The highest BCUT2D eigenvalue weighted by Gasteiger charge is 2.11. The van der Waals surface area contributed by atoms with E-state index in [1.165, 1.54) is 6.07 Å². The maximum atomic E-state index is 12.4. The van der Waals surface area contributed by atoms with Crippen molar-refractivity contribution in [3.63, 3.8) is 0 Å². The zero-order valence-electron chi connectivity index (χ0n) is 11.4. The van der Waals surface area contributed by atoms with Crippen LogP contribution >= 0.6 is 12.2 Å². The Labute approximate surface area is 125 Å². The lowest BCUT2D eigenvalue weighted by Crippen LogP contribution is -2.20. The van der Waals surface area contributed by atoms with Crippen LogP contribution in [0.3, 0.4) is 0 Å². The van der Waals surface area contributed by atoms with Crippen molar-refractivity contribution in [2.24, 2.45) is 7.05 Å². The van der Waals surface area contributed by atoms with Crippen molar-refractivity contribution in [1.29, 1.82) is 0 Å². The van der Waals surface area contributed by atoms with Crippen LogP contribution in [-0.4, -0.2) is 21.5 Å². The number of rotatable bonds is 4. The Morgan fingerprint density at radius 1 is 1.33 bits per heavy atom. The summed E-state index contributed by atoms with van der Waals surface area (Å²) in [4.78, 5) is 0. The zero-order chi connectivity index (χ0) is 15.4. The third kappa shape index (κ3) is 4.38. The predicted molar refractivity (Wildman–Crippen MR) is 80.9 cm³/mol. The van der Waals surface area contributed by atoms with E-state index in [1.807, 2.05) is 0 Å². The Kier molecular flexibility index (Phi) is 4.69. The van der Waals surface area contributed by atoms with Gasteiger partial charge in [-0.3, -0.25) is 4.68 Å². The van der Waals surface area contributed by atoms with E-state index in [-0.39, 0.29) is 10.9 Å². The average molecular weight is 312 g/mol. The maximum Gasteiger partial charge on any atom is 0.387 e. The molecule has 0 aliphatic rings. The number of benzene rings is 1. The SMILES string of the molecule is Cc1ccc(NC(=S)Nc2ccn(C)n2)c(OC(F)F)c1. The van der Waals surface area contributed by atoms with E-state index in [2.05, 4.69) is 20.5 Å². The van der Waals surface area contributed by atoms with E-state index in [4.69, 9.17) is 12.2 Å². The summed E-state index contributed by atoms with van der Waals surface area (Å²) >= 11 is 5.12. The molecule has 0 aliphatic heterocycles. The summed E-state index contributed by atoms with van der Waals surface area (Å²) in [6, 6.07) is 6.64. The summed E-state index contributed by atoms with van der Waals surface area (Å²) < 4.78 is 30.9. The molecule has 1 heterocycles. The van der Waals surface area contributed by atoms with Crippen molar-refractivity contribution in [2.75, 3.05) is 10.6 Å². The standard InChI is InChI=1S/C13H14F2N4OS/c1-8-3-4-9(10(7-8)20-12(14)15)16-13(21)17-11-5-6-19(2)18-11/h3-7,12H,1-2H3,(H2,16,17,18,21). The lowest BCUT2D eigenvalue weighted by Gasteiger charge is -2.14. The van der Waals surface area contributed by atoms with Gasteiger partial charge in [0.1, 0.15) is 5.75 Å². The lowest BCUT2D eigenvalue weighted by molar-refractivity contribution is -0.0493. The van der Waals surface area contributed by atoms with Crippen LogP contribution in [0.15, 0.2) is 30.5 Å². The second-order valence-electron chi connectivity index (χ2n) is 4.33. The molecule has 0 amide bonds. The smallest absolute Gasteiger partial charge is 0.387 e. The number of nitrogens with zero attached hydrogens (tertiary/aromatic N) is 2. The highest BCUT2D eigenvalue weighted by molar-refractivity contribution is 7.80. The third-order valence-corrected chi connectivity index (χ3v) is 2.76. The fourth-order valence-corrected chi connectivity index (χ4v) is 1.89. The number of thiocarbonyl (C=S) groups is 1. The summed E-state index contributed by atoms with van der Waals surface area (Å²) in [5, 5.41) is 10.0. The molecule has 5 nitrogen and oxygen atoms in total. The molecule has 2 aromatic rings. The van der Waals surface area contributed by atoms with Crippen molar-refractivity contribution < 1.29 is 13.5 Å². The number of anilines is 2. The van der Waals surface area contributed by atoms with Gasteiger partial charge in [0.15, 0.2) is 10.9 Å². The van der Waals surface area contributed by atoms with Gasteiger partial charge in [-0.2, -0.15) is 13.9 Å². The zero-order valence-corrected chi connectivity index (χ0v) is 12.2. The predicted octanol–water partition coefficient (Wildman–Crippen LogP) is 3.14. The number of aromatic nitrogens is 2. The summed E-state index contributed by atoms with van der Waals surface area (Å²) in [6.45, 7) is -1.11. The van der Waals surface area contributed by atoms with E-state index < -0.39 is 6.61 Å². The number of halogens is 2. The minimum atomic E-state index is -2.90. The molecule has 0 saturated heterocycles. The van der Waals surface area contributed by atoms with E-state index in [1.54, 1.807) is 43.0 Å². The van der Waals surface area contributed by atoms with Crippen molar-refractivity contribution in [2.45, 2.75) is 13.5 Å². The minimum absolute atomic E-state index is 0.0372. The molecule has 2 rings (SSSR count). The van der Waals surface area contributed by atoms with Crippen LogP contribution < -0.4 is 15.4 Å². The molecule has 21 heavy (non-hydrogen) atoms. The van der Waals surface area contributed by atoms with Gasteiger partial charge in [-0.1, -0.05) is 6.07 Å². The van der Waals surface area contributed by atoms with E-state index in [0.717, 1.165) is 5.56 Å². The number of ether oxygens (including phenoxy) is 1. The molecule has 0 bridgehead atoms. The largest absolute Gasteiger partial charge is 0.433 e. The third-order valence-electron chi connectivity index (χ3n) is 2.56. The lowest BCUT2D eigenvalue weighted by atomic mass is 10.2. The Hall–Kier alpha value is -2.22. The van der Waals surface area contributed by atoms with Crippen LogP contribution in [0.5, 0.6) is 5.75 Å². The molecule has 8 heteroatoms. The van der Waals surface area contributed by atoms with Gasteiger partial charge < -0.3 is 15.4 Å². The van der Waals surface area contributed by atoms with Crippen LogP contribution in [0.25, 0.3) is 0 Å². The van der Waals surface area contributed by atoms with Gasteiger partial charge in [-0.15, -0.1) is 0 Å². The molecule has 1 aromatic heterocycles. The maximum absolute atomic E-state index is 12.4. The molecule has 0 saturated carbocycles. The molecular weight excluding hydrogens is 298 g/mol. The van der Waals surface area contributed by atoms with Gasteiger partial charge in [0, 0.05) is 19.3 Å². The van der Waals surface area contributed by atoms with Gasteiger partial charge in [0.2, 0.25) is 0 Å². The first-order chi connectivity index (χ1) is 9.94. The molecule has 0 atom stereocenters. The highest BCUT2D eigenvalue weighted by Crippen LogP contribution is 2.27. The number of aryl methyl sites for hydroxylation is 2. The first-order valence-corrected chi connectivity index (χ1v) is 6.48. The quantitative estimate of drug-likeness (QED) is 0.850. The van der Waals surface area contributed by atoms with Gasteiger partial charge in [0.25, 0.3) is 0 Å². The topological polar surface area (TPSA) is 51.1 Å². The van der Waals surface area contributed by atoms with E-state index in [9.17, 15) is 8.78 Å². The Morgan fingerprint density at radius 3 is 2.71 bits per heavy atom. The Morgan fingerprint density at radius 2 is 2.10 bits per heavy atom. The van der Waals surface area contributed by atoms with Gasteiger partial charge in [0.05, 0.1) is 5.69 Å². The van der Waals surface area contributed by atoms with E-state index in [0.29, 0.717) is 11.5 Å². The van der Waals surface area contributed by atoms with E-state index >= 15 is 0 Å². The second kappa shape index (κ2) is 6.49. The molecule has 0 radical (unpaired) electrons. The van der Waals surface area contributed by atoms with Crippen LogP contribution in [-0.2, 0) is 7.05 Å². The Balaban J connectivity index is 2.09. The van der Waals surface area contributed by atoms with Crippen LogP contribution in [0.1, 0.15) is 5.56 Å². The molecule has 1 aromatic carbocycles. The van der Waals surface area contributed by atoms with Crippen molar-refractivity contribution in [3.05, 3.63) is 36.0 Å². The van der Waals surface area contributed by atoms with Gasteiger partial charge in [-0.25, -0.2) is 0 Å². The number of hydrogen-bond donors (Lipinski definition) is 2. The fourth-order valence-electron chi connectivity index (χ4n) is 1.68. The molecule has 2 N–H and O–H groups in total. The molecular formula is C13H14F2N4OS. The first-order valence-electron chi connectivity index (χ1n) is 6.07. The molecule has 0 spiro atoms. The normalized spacial score (nSPS) is 10.5. The fraction of sp³-hybridized carbons (Fsp3) is 0.231.